The molecule has 0 atom stereocenters. The van der Waals surface area contributed by atoms with Crippen LogP contribution in [0, 0.1) is 0 Å². The number of thiophene rings is 1. The van der Waals surface area contributed by atoms with Crippen molar-refractivity contribution in [3.05, 3.63) is 32.4 Å². The maximum atomic E-state index is 5.45. The summed E-state index contributed by atoms with van der Waals surface area (Å²) in [5.74, 6) is 0. The largest absolute Gasteiger partial charge is 0.324 e. The van der Waals surface area contributed by atoms with Crippen molar-refractivity contribution in [1.82, 2.24) is 10.2 Å². The Hall–Kier alpha value is -0.780. The van der Waals surface area contributed by atoms with Gasteiger partial charge in [0.15, 0.2) is 0 Å². The number of hydrogen-bond donors (Lipinski definition) is 1. The Kier molecular flexibility index (Phi) is 2.68. The Morgan fingerprint density at radius 1 is 1.31 bits per heavy atom. The number of aromatic nitrogens is 2. The molecule has 0 fully saturated rings. The number of hydrogen-bond acceptors (Lipinski definition) is 5. The fourth-order valence-electron chi connectivity index (χ4n) is 1.01. The van der Waals surface area contributed by atoms with E-state index in [4.69, 9.17) is 5.73 Å². The molecule has 0 radical (unpaired) electrons. The van der Waals surface area contributed by atoms with E-state index in [1.54, 1.807) is 22.7 Å². The minimum absolute atomic E-state index is 0.487. The van der Waals surface area contributed by atoms with Gasteiger partial charge in [0, 0.05) is 13.0 Å². The molecule has 2 aromatic heterocycles. The van der Waals surface area contributed by atoms with E-state index in [1.807, 2.05) is 0 Å². The summed E-state index contributed by atoms with van der Waals surface area (Å²) >= 11 is 3.29. The summed E-state index contributed by atoms with van der Waals surface area (Å²) in [5.41, 5.74) is 6.74. The van der Waals surface area contributed by atoms with Crippen molar-refractivity contribution < 1.29 is 0 Å². The molecule has 0 bridgehead atoms. The zero-order valence-electron chi connectivity index (χ0n) is 6.93. The number of rotatable bonds is 3. The highest BCUT2D eigenvalue weighted by atomic mass is 32.1. The normalized spacial score (nSPS) is 10.5. The van der Waals surface area contributed by atoms with E-state index in [0.29, 0.717) is 6.54 Å². The van der Waals surface area contributed by atoms with Crippen LogP contribution in [0.4, 0.5) is 0 Å². The minimum Gasteiger partial charge on any atom is -0.324 e. The third-order valence-corrected chi connectivity index (χ3v) is 3.30. The molecule has 0 saturated heterocycles. The lowest BCUT2D eigenvalue weighted by molar-refractivity contribution is 0.931. The van der Waals surface area contributed by atoms with E-state index in [0.717, 1.165) is 16.4 Å². The monoisotopic (exact) mass is 211 g/mol. The van der Waals surface area contributed by atoms with E-state index in [9.17, 15) is 0 Å². The zero-order chi connectivity index (χ0) is 9.10. The molecule has 0 spiro atoms. The van der Waals surface area contributed by atoms with Crippen molar-refractivity contribution in [2.75, 3.05) is 0 Å². The summed E-state index contributed by atoms with van der Waals surface area (Å²) in [6.07, 6.45) is 0.876. The van der Waals surface area contributed by atoms with Gasteiger partial charge in [0.25, 0.3) is 0 Å². The van der Waals surface area contributed by atoms with E-state index in [-0.39, 0.29) is 0 Å². The summed E-state index contributed by atoms with van der Waals surface area (Å²) in [4.78, 5) is 0. The Balaban J connectivity index is 2.10. The topological polar surface area (TPSA) is 51.8 Å². The van der Waals surface area contributed by atoms with Crippen molar-refractivity contribution in [1.29, 1.82) is 0 Å². The Morgan fingerprint density at radius 3 is 2.77 bits per heavy atom. The molecule has 0 aliphatic rings. The zero-order valence-corrected chi connectivity index (χ0v) is 8.57. The predicted molar refractivity (Wildman–Crippen MR) is 54.9 cm³/mol. The van der Waals surface area contributed by atoms with E-state index in [1.165, 1.54) is 5.56 Å². The van der Waals surface area contributed by atoms with Gasteiger partial charge in [-0.05, 0) is 22.4 Å². The van der Waals surface area contributed by atoms with Crippen LogP contribution < -0.4 is 5.73 Å². The van der Waals surface area contributed by atoms with Gasteiger partial charge in [-0.3, -0.25) is 0 Å². The van der Waals surface area contributed by atoms with Gasteiger partial charge in [0.05, 0.1) is 0 Å². The molecule has 0 aliphatic carbocycles. The Labute approximate surface area is 84.2 Å². The molecule has 3 nitrogen and oxygen atoms in total. The van der Waals surface area contributed by atoms with Crippen molar-refractivity contribution in [2.45, 2.75) is 13.0 Å². The van der Waals surface area contributed by atoms with Crippen LogP contribution >= 0.6 is 22.7 Å². The smallest absolute Gasteiger partial charge is 0.131 e. The molecule has 2 heterocycles. The third-order valence-electron chi connectivity index (χ3n) is 1.62. The summed E-state index contributed by atoms with van der Waals surface area (Å²) in [7, 11) is 0. The molecular formula is C8H9N3S2. The Morgan fingerprint density at radius 2 is 2.15 bits per heavy atom. The molecule has 0 saturated carbocycles. The fraction of sp³-hybridized carbons (Fsp3) is 0.250. The lowest BCUT2D eigenvalue weighted by atomic mass is 10.3. The first-order chi connectivity index (χ1) is 6.38. The Bertz CT molecular complexity index is 366. The minimum atomic E-state index is 0.487. The fourth-order valence-corrected chi connectivity index (χ4v) is 2.44. The van der Waals surface area contributed by atoms with Crippen LogP contribution in [0.5, 0.6) is 0 Å². The summed E-state index contributed by atoms with van der Waals surface area (Å²) in [6.45, 7) is 0.487. The first-order valence-corrected chi connectivity index (χ1v) is 5.67. The summed E-state index contributed by atoms with van der Waals surface area (Å²) < 4.78 is 0. The first-order valence-electron chi connectivity index (χ1n) is 3.91. The van der Waals surface area contributed by atoms with Gasteiger partial charge in [-0.25, -0.2) is 0 Å². The second-order valence-electron chi connectivity index (χ2n) is 2.60. The van der Waals surface area contributed by atoms with Crippen molar-refractivity contribution >= 4 is 22.7 Å². The second kappa shape index (κ2) is 3.95. The van der Waals surface area contributed by atoms with Crippen LogP contribution in [0.15, 0.2) is 16.8 Å². The maximum Gasteiger partial charge on any atom is 0.131 e. The van der Waals surface area contributed by atoms with Crippen molar-refractivity contribution in [2.24, 2.45) is 5.73 Å². The highest BCUT2D eigenvalue weighted by Gasteiger charge is 2.03. The van der Waals surface area contributed by atoms with E-state index >= 15 is 0 Å². The number of nitrogens with two attached hydrogens (primary N) is 1. The third kappa shape index (κ3) is 2.12. The van der Waals surface area contributed by atoms with Crippen LogP contribution in [0.25, 0.3) is 0 Å². The van der Waals surface area contributed by atoms with Crippen molar-refractivity contribution in [3.63, 3.8) is 0 Å². The van der Waals surface area contributed by atoms with Gasteiger partial charge in [0.2, 0.25) is 0 Å². The van der Waals surface area contributed by atoms with Gasteiger partial charge in [0.1, 0.15) is 10.0 Å². The standard InChI is InChI=1S/C8H9N3S2/c9-4-8-11-10-7(13-8)3-6-1-2-12-5-6/h1-2,5H,3-4,9H2. The first kappa shape index (κ1) is 8.80. The van der Waals surface area contributed by atoms with Gasteiger partial charge in [-0.2, -0.15) is 11.3 Å². The molecule has 2 aromatic rings. The highest BCUT2D eigenvalue weighted by molar-refractivity contribution is 7.11. The van der Waals surface area contributed by atoms with Crippen LogP contribution in [0.3, 0.4) is 0 Å². The van der Waals surface area contributed by atoms with Crippen LogP contribution in [0.1, 0.15) is 15.6 Å². The molecule has 0 amide bonds. The molecule has 5 heteroatoms. The molecule has 0 aromatic carbocycles. The molecule has 68 valence electrons. The van der Waals surface area contributed by atoms with E-state index < -0.39 is 0 Å². The quantitative estimate of drug-likeness (QED) is 0.840. The molecule has 0 aliphatic heterocycles. The summed E-state index contributed by atoms with van der Waals surface area (Å²) in [5, 5.41) is 14.2. The van der Waals surface area contributed by atoms with Gasteiger partial charge in [-0.1, -0.05) is 11.3 Å². The van der Waals surface area contributed by atoms with Gasteiger partial charge >= 0.3 is 0 Å². The molecule has 2 rings (SSSR count). The van der Waals surface area contributed by atoms with Gasteiger partial charge in [-0.15, -0.1) is 10.2 Å². The predicted octanol–water partition coefficient (Wildman–Crippen LogP) is 1.65. The average Bonchev–Trinajstić information content (AvgIpc) is 2.76. The molecular weight excluding hydrogens is 202 g/mol. The maximum absolute atomic E-state index is 5.45. The molecule has 2 N–H and O–H groups in total. The average molecular weight is 211 g/mol. The van der Waals surface area contributed by atoms with Gasteiger partial charge < -0.3 is 5.73 Å². The second-order valence-corrected chi connectivity index (χ2v) is 4.53. The van der Waals surface area contributed by atoms with Crippen LogP contribution in [-0.4, -0.2) is 10.2 Å². The van der Waals surface area contributed by atoms with Crippen LogP contribution in [-0.2, 0) is 13.0 Å². The SMILES string of the molecule is NCc1nnc(Cc2ccsc2)s1. The lowest BCUT2D eigenvalue weighted by Gasteiger charge is -1.88. The van der Waals surface area contributed by atoms with Crippen molar-refractivity contribution in [3.8, 4) is 0 Å². The highest BCUT2D eigenvalue weighted by Crippen LogP contribution is 2.15. The number of nitrogens with zero attached hydrogens (tertiary/aromatic N) is 2. The summed E-state index contributed by atoms with van der Waals surface area (Å²) in [6, 6.07) is 2.11. The molecule has 0 unspecified atom stereocenters. The molecule has 13 heavy (non-hydrogen) atoms. The lowest BCUT2D eigenvalue weighted by Crippen LogP contribution is -1.94. The van der Waals surface area contributed by atoms with Crippen LogP contribution in [0.2, 0.25) is 0 Å². The van der Waals surface area contributed by atoms with E-state index in [2.05, 4.69) is 27.0 Å².